The molecule has 0 aliphatic carbocycles. The summed E-state index contributed by atoms with van der Waals surface area (Å²) in [6, 6.07) is 4.94. The van der Waals surface area contributed by atoms with Crippen molar-refractivity contribution < 1.29 is 13.5 Å². The molecule has 0 spiro atoms. The first kappa shape index (κ1) is 14.3. The molecule has 0 fully saturated rings. The number of methoxy groups -OCH3 is 1. The molecule has 0 amide bonds. The molecular formula is C13H14F2N4O. The van der Waals surface area contributed by atoms with Crippen molar-refractivity contribution in [2.75, 3.05) is 12.5 Å². The minimum atomic E-state index is -0.634. The lowest BCUT2D eigenvalue weighted by molar-refractivity contribution is 0.181. The van der Waals surface area contributed by atoms with Gasteiger partial charge in [-0.25, -0.2) is 24.6 Å². The molecule has 0 saturated carbocycles. The zero-order valence-electron chi connectivity index (χ0n) is 10.9. The van der Waals surface area contributed by atoms with Gasteiger partial charge in [0.05, 0.1) is 12.3 Å². The number of aromatic nitrogens is 2. The Hall–Kier alpha value is -2.12. The predicted molar refractivity (Wildman–Crippen MR) is 69.7 cm³/mol. The molecule has 0 unspecified atom stereocenters. The van der Waals surface area contributed by atoms with E-state index in [0.717, 1.165) is 6.07 Å². The zero-order chi connectivity index (χ0) is 14.5. The number of hydrogen-bond acceptors (Lipinski definition) is 5. The van der Waals surface area contributed by atoms with Crippen LogP contribution in [0.5, 0.6) is 0 Å². The Balaban J connectivity index is 2.29. The summed E-state index contributed by atoms with van der Waals surface area (Å²) in [6.45, 7) is 0.293. The lowest BCUT2D eigenvalue weighted by Gasteiger charge is -2.07. The second kappa shape index (κ2) is 6.36. The number of nitrogens with one attached hydrogen (secondary N) is 1. The van der Waals surface area contributed by atoms with Crippen LogP contribution in [0.4, 0.5) is 14.6 Å². The Morgan fingerprint density at radius 1 is 1.15 bits per heavy atom. The molecule has 0 atom stereocenters. The largest absolute Gasteiger partial charge is 0.378 e. The summed E-state index contributed by atoms with van der Waals surface area (Å²) >= 11 is 0. The van der Waals surface area contributed by atoms with Gasteiger partial charge in [-0.1, -0.05) is 0 Å². The average molecular weight is 280 g/mol. The molecule has 1 heterocycles. The molecule has 2 rings (SSSR count). The summed E-state index contributed by atoms with van der Waals surface area (Å²) in [5, 5.41) is 0. The summed E-state index contributed by atoms with van der Waals surface area (Å²) in [4.78, 5) is 8.39. The number of nitrogen functional groups attached to an aromatic ring is 1. The summed E-state index contributed by atoms with van der Waals surface area (Å²) in [5.74, 6) is 4.87. The van der Waals surface area contributed by atoms with Crippen LogP contribution in [0.1, 0.15) is 17.1 Å². The van der Waals surface area contributed by atoms with Gasteiger partial charge in [-0.05, 0) is 17.7 Å². The molecule has 2 aromatic rings. The van der Waals surface area contributed by atoms with Gasteiger partial charge in [0.1, 0.15) is 23.3 Å². The Morgan fingerprint density at radius 2 is 1.85 bits per heavy atom. The van der Waals surface area contributed by atoms with Crippen molar-refractivity contribution in [1.82, 2.24) is 9.97 Å². The monoisotopic (exact) mass is 280 g/mol. The number of rotatable bonds is 5. The second-order valence-corrected chi connectivity index (χ2v) is 4.19. The smallest absolute Gasteiger partial charge is 0.144 e. The highest BCUT2D eigenvalue weighted by atomic mass is 19.1. The summed E-state index contributed by atoms with van der Waals surface area (Å²) in [7, 11) is 1.54. The maximum atomic E-state index is 13.1. The van der Waals surface area contributed by atoms with Crippen LogP contribution >= 0.6 is 0 Å². The quantitative estimate of drug-likeness (QED) is 0.645. The maximum absolute atomic E-state index is 13.1. The molecule has 0 bridgehead atoms. The van der Waals surface area contributed by atoms with Crippen molar-refractivity contribution in [3.8, 4) is 0 Å². The van der Waals surface area contributed by atoms with Crippen molar-refractivity contribution in [3.05, 3.63) is 53.0 Å². The lowest BCUT2D eigenvalue weighted by atomic mass is 10.1. The number of anilines is 1. The topological polar surface area (TPSA) is 73.1 Å². The van der Waals surface area contributed by atoms with Gasteiger partial charge in [0.25, 0.3) is 0 Å². The zero-order valence-corrected chi connectivity index (χ0v) is 10.9. The van der Waals surface area contributed by atoms with Crippen LogP contribution in [0.2, 0.25) is 0 Å². The number of ether oxygens (including phenoxy) is 1. The number of benzene rings is 1. The summed E-state index contributed by atoms with van der Waals surface area (Å²) in [5.41, 5.74) is 3.49. The van der Waals surface area contributed by atoms with Crippen LogP contribution in [-0.2, 0) is 17.8 Å². The minimum absolute atomic E-state index is 0.195. The Morgan fingerprint density at radius 3 is 2.45 bits per heavy atom. The maximum Gasteiger partial charge on any atom is 0.144 e. The van der Waals surface area contributed by atoms with Crippen molar-refractivity contribution in [2.24, 2.45) is 5.84 Å². The third kappa shape index (κ3) is 3.69. The van der Waals surface area contributed by atoms with E-state index in [0.29, 0.717) is 29.5 Å². The standard InChI is InChI=1S/C13H14F2N4O/c1-20-7-11-6-13(19-16)18-12(17-11)4-8-2-9(14)5-10(15)3-8/h2-3,5-6H,4,7,16H2,1H3,(H,17,18,19). The minimum Gasteiger partial charge on any atom is -0.378 e. The Labute approximate surface area is 114 Å². The first-order valence-electron chi connectivity index (χ1n) is 5.88. The normalized spacial score (nSPS) is 10.6. The van der Waals surface area contributed by atoms with Crippen LogP contribution < -0.4 is 11.3 Å². The fraction of sp³-hybridized carbons (Fsp3) is 0.231. The molecule has 7 heteroatoms. The highest BCUT2D eigenvalue weighted by Crippen LogP contribution is 2.13. The number of halogens is 2. The van der Waals surface area contributed by atoms with Crippen LogP contribution in [-0.4, -0.2) is 17.1 Å². The molecule has 20 heavy (non-hydrogen) atoms. The van der Waals surface area contributed by atoms with E-state index < -0.39 is 11.6 Å². The van der Waals surface area contributed by atoms with E-state index >= 15 is 0 Å². The molecular weight excluding hydrogens is 266 g/mol. The molecule has 1 aromatic carbocycles. The van der Waals surface area contributed by atoms with Gasteiger partial charge in [-0.15, -0.1) is 0 Å². The molecule has 0 saturated heterocycles. The summed E-state index contributed by atoms with van der Waals surface area (Å²) in [6.07, 6.45) is 0.195. The van der Waals surface area contributed by atoms with E-state index in [1.807, 2.05) is 0 Å². The van der Waals surface area contributed by atoms with Crippen molar-refractivity contribution in [1.29, 1.82) is 0 Å². The third-order valence-electron chi connectivity index (χ3n) is 2.55. The van der Waals surface area contributed by atoms with Gasteiger partial charge < -0.3 is 10.2 Å². The van der Waals surface area contributed by atoms with Gasteiger partial charge in [0.15, 0.2) is 0 Å². The van der Waals surface area contributed by atoms with Gasteiger partial charge in [0, 0.05) is 25.7 Å². The fourth-order valence-electron chi connectivity index (χ4n) is 1.82. The van der Waals surface area contributed by atoms with E-state index in [4.69, 9.17) is 10.6 Å². The van der Waals surface area contributed by atoms with E-state index in [9.17, 15) is 8.78 Å². The number of nitrogens with two attached hydrogens (primary N) is 1. The highest BCUT2D eigenvalue weighted by molar-refractivity contribution is 5.35. The van der Waals surface area contributed by atoms with Crippen LogP contribution in [0.3, 0.4) is 0 Å². The number of hydrogen-bond donors (Lipinski definition) is 2. The lowest BCUT2D eigenvalue weighted by Crippen LogP contribution is -2.12. The van der Waals surface area contributed by atoms with Gasteiger partial charge >= 0.3 is 0 Å². The van der Waals surface area contributed by atoms with Crippen molar-refractivity contribution >= 4 is 5.82 Å². The van der Waals surface area contributed by atoms with Crippen molar-refractivity contribution in [2.45, 2.75) is 13.0 Å². The van der Waals surface area contributed by atoms with Gasteiger partial charge in [-0.3, -0.25) is 0 Å². The van der Waals surface area contributed by atoms with Crippen molar-refractivity contribution in [3.63, 3.8) is 0 Å². The van der Waals surface area contributed by atoms with E-state index in [-0.39, 0.29) is 6.42 Å². The second-order valence-electron chi connectivity index (χ2n) is 4.19. The van der Waals surface area contributed by atoms with Gasteiger partial charge in [-0.2, -0.15) is 0 Å². The Kier molecular flexibility index (Phi) is 4.54. The molecule has 0 radical (unpaired) electrons. The van der Waals surface area contributed by atoms with Crippen LogP contribution in [0.25, 0.3) is 0 Å². The Bertz CT molecular complexity index is 587. The van der Waals surface area contributed by atoms with E-state index in [2.05, 4.69) is 15.4 Å². The number of nitrogens with zero attached hydrogens (tertiary/aromatic N) is 2. The molecule has 5 nitrogen and oxygen atoms in total. The molecule has 1 aromatic heterocycles. The predicted octanol–water partition coefficient (Wildman–Crippen LogP) is 1.78. The SMILES string of the molecule is COCc1cc(NN)nc(Cc2cc(F)cc(F)c2)n1. The molecule has 106 valence electrons. The van der Waals surface area contributed by atoms with E-state index in [1.165, 1.54) is 12.1 Å². The van der Waals surface area contributed by atoms with Crippen LogP contribution in [0.15, 0.2) is 24.3 Å². The molecule has 0 aliphatic rings. The fourth-order valence-corrected chi connectivity index (χ4v) is 1.82. The number of hydrazine groups is 1. The van der Waals surface area contributed by atoms with Crippen LogP contribution in [0, 0.1) is 11.6 Å². The molecule has 0 aliphatic heterocycles. The summed E-state index contributed by atoms with van der Waals surface area (Å²) < 4.78 is 31.3. The highest BCUT2D eigenvalue weighted by Gasteiger charge is 2.07. The van der Waals surface area contributed by atoms with E-state index in [1.54, 1.807) is 13.2 Å². The van der Waals surface area contributed by atoms with Gasteiger partial charge in [0.2, 0.25) is 0 Å². The average Bonchev–Trinajstić information content (AvgIpc) is 2.37. The third-order valence-corrected chi connectivity index (χ3v) is 2.55. The first-order valence-corrected chi connectivity index (χ1v) is 5.88. The molecule has 3 N–H and O–H groups in total. The first-order chi connectivity index (χ1) is 9.60.